The van der Waals surface area contributed by atoms with Gasteiger partial charge in [-0.05, 0) is 81.7 Å². The van der Waals surface area contributed by atoms with Gasteiger partial charge in [0.1, 0.15) is 0 Å². The highest BCUT2D eigenvalue weighted by molar-refractivity contribution is 7.89. The Bertz CT molecular complexity index is 987. The van der Waals surface area contributed by atoms with Crippen molar-refractivity contribution in [3.8, 4) is 0 Å². The molecule has 0 heterocycles. The smallest absolute Gasteiger partial charge is 0.240 e. The highest BCUT2D eigenvalue weighted by atomic mass is 32.2. The fraction of sp³-hybridized carbons (Fsp3) is 0.500. The molecule has 0 spiro atoms. The van der Waals surface area contributed by atoms with Crippen molar-refractivity contribution < 1.29 is 13.2 Å². The van der Waals surface area contributed by atoms with Crippen LogP contribution in [0.3, 0.4) is 0 Å². The van der Waals surface area contributed by atoms with Gasteiger partial charge in [0.2, 0.25) is 15.9 Å². The van der Waals surface area contributed by atoms with E-state index in [9.17, 15) is 13.2 Å². The van der Waals surface area contributed by atoms with Gasteiger partial charge >= 0.3 is 0 Å². The Morgan fingerprint density at radius 2 is 1.76 bits per heavy atom. The first-order valence-corrected chi connectivity index (χ1v) is 13.5. The Kier molecular flexibility index (Phi) is 9.32. The molecule has 0 unspecified atom stereocenters. The summed E-state index contributed by atoms with van der Waals surface area (Å²) in [7, 11) is -3.47. The van der Waals surface area contributed by atoms with Gasteiger partial charge in [-0.1, -0.05) is 30.3 Å². The molecule has 1 amide bonds. The van der Waals surface area contributed by atoms with Crippen molar-refractivity contribution >= 4 is 21.6 Å². The summed E-state index contributed by atoms with van der Waals surface area (Å²) in [5, 5.41) is 3.11. The van der Waals surface area contributed by atoms with E-state index in [4.69, 9.17) is 0 Å². The monoisotopic (exact) mass is 471 g/mol. The second kappa shape index (κ2) is 12.2. The number of hydrogen-bond donors (Lipinski definition) is 2. The number of nitrogens with one attached hydrogen (secondary N) is 2. The zero-order chi connectivity index (χ0) is 23.7. The minimum atomic E-state index is -3.47. The summed E-state index contributed by atoms with van der Waals surface area (Å²) in [5.41, 5.74) is 2.48. The van der Waals surface area contributed by atoms with Gasteiger partial charge < -0.3 is 10.2 Å². The zero-order valence-electron chi connectivity index (χ0n) is 19.8. The first kappa shape index (κ1) is 25.2. The number of aryl methyl sites for hydroxylation is 1. The van der Waals surface area contributed by atoms with Crippen molar-refractivity contribution in [2.45, 2.75) is 50.8 Å². The Balaban J connectivity index is 1.35. The number of rotatable bonds is 11. The van der Waals surface area contributed by atoms with Crippen molar-refractivity contribution in [3.05, 3.63) is 60.2 Å². The maximum atomic E-state index is 12.6. The lowest BCUT2D eigenvalue weighted by atomic mass is 9.81. The molecule has 0 radical (unpaired) electrons. The van der Waals surface area contributed by atoms with E-state index in [0.29, 0.717) is 18.0 Å². The van der Waals surface area contributed by atoms with Crippen molar-refractivity contribution in [2.24, 2.45) is 11.8 Å². The molecule has 6 nitrogen and oxygen atoms in total. The summed E-state index contributed by atoms with van der Waals surface area (Å²) in [6, 6.07) is 17.0. The summed E-state index contributed by atoms with van der Waals surface area (Å²) in [4.78, 5) is 15.2. The van der Waals surface area contributed by atoms with E-state index in [1.165, 1.54) is 11.3 Å². The standard InChI is InChI=1S/C26H37N3O3S/c1-3-29(24-10-7-9-21(2)19-24)18-8-17-27-26(30)23-15-13-22(14-16-23)20-28-33(31,32)25-11-5-4-6-12-25/h4-7,9-12,19,22-23,28H,3,8,13-18,20H2,1-2H3,(H,27,30). The van der Waals surface area contributed by atoms with Crippen LogP contribution in [0.4, 0.5) is 5.69 Å². The molecule has 1 aliphatic carbocycles. The van der Waals surface area contributed by atoms with Gasteiger partial charge in [0, 0.05) is 37.8 Å². The van der Waals surface area contributed by atoms with Gasteiger partial charge in [0.05, 0.1) is 4.90 Å². The van der Waals surface area contributed by atoms with Crippen molar-refractivity contribution in [2.75, 3.05) is 31.1 Å². The van der Waals surface area contributed by atoms with Crippen LogP contribution in [-0.2, 0) is 14.8 Å². The number of amides is 1. The molecule has 0 bridgehead atoms. The molecule has 0 aromatic heterocycles. The van der Waals surface area contributed by atoms with Crippen LogP contribution in [0.25, 0.3) is 0 Å². The molecule has 3 rings (SSSR count). The molecule has 33 heavy (non-hydrogen) atoms. The summed E-state index contributed by atoms with van der Waals surface area (Å²) < 4.78 is 27.5. The first-order valence-electron chi connectivity index (χ1n) is 12.0. The van der Waals surface area contributed by atoms with Gasteiger partial charge in [-0.25, -0.2) is 13.1 Å². The lowest BCUT2D eigenvalue weighted by Gasteiger charge is -2.28. The minimum absolute atomic E-state index is 0.0334. The summed E-state index contributed by atoms with van der Waals surface area (Å²) >= 11 is 0. The molecule has 2 N–H and O–H groups in total. The van der Waals surface area contributed by atoms with Crippen molar-refractivity contribution in [3.63, 3.8) is 0 Å². The van der Waals surface area contributed by atoms with Gasteiger partial charge in [0.15, 0.2) is 0 Å². The Hall–Kier alpha value is -2.38. The third-order valence-electron chi connectivity index (χ3n) is 6.49. The van der Waals surface area contributed by atoms with Crippen molar-refractivity contribution in [1.29, 1.82) is 0 Å². The maximum absolute atomic E-state index is 12.6. The van der Waals surface area contributed by atoms with E-state index in [1.807, 2.05) is 0 Å². The lowest BCUT2D eigenvalue weighted by Crippen LogP contribution is -2.37. The molecular weight excluding hydrogens is 434 g/mol. The van der Waals surface area contributed by atoms with Crippen LogP contribution in [-0.4, -0.2) is 40.5 Å². The molecule has 0 atom stereocenters. The quantitative estimate of drug-likeness (QED) is 0.484. The van der Waals surface area contributed by atoms with Crippen LogP contribution in [0.1, 0.15) is 44.6 Å². The lowest BCUT2D eigenvalue weighted by molar-refractivity contribution is -0.126. The average Bonchev–Trinajstić information content (AvgIpc) is 2.83. The van der Waals surface area contributed by atoms with E-state index < -0.39 is 10.0 Å². The maximum Gasteiger partial charge on any atom is 0.240 e. The molecule has 7 heteroatoms. The summed E-state index contributed by atoms with van der Waals surface area (Å²) in [6.45, 7) is 7.21. The highest BCUT2D eigenvalue weighted by Crippen LogP contribution is 2.29. The molecule has 1 saturated carbocycles. The predicted molar refractivity (Wildman–Crippen MR) is 134 cm³/mol. The number of nitrogens with zero attached hydrogens (tertiary/aromatic N) is 1. The third-order valence-corrected chi connectivity index (χ3v) is 7.93. The molecule has 0 aliphatic heterocycles. The fourth-order valence-electron chi connectivity index (χ4n) is 4.46. The molecule has 2 aromatic rings. The fourth-order valence-corrected chi connectivity index (χ4v) is 5.60. The topological polar surface area (TPSA) is 78.5 Å². The largest absolute Gasteiger partial charge is 0.372 e. The van der Waals surface area contributed by atoms with E-state index in [1.54, 1.807) is 30.3 Å². The molecule has 0 saturated heterocycles. The van der Waals surface area contributed by atoms with Crippen LogP contribution in [0.2, 0.25) is 0 Å². The van der Waals surface area contributed by atoms with Crippen LogP contribution < -0.4 is 14.9 Å². The second-order valence-corrected chi connectivity index (χ2v) is 10.7. The summed E-state index contributed by atoms with van der Waals surface area (Å²) in [6.07, 6.45) is 4.27. The number of sulfonamides is 1. The predicted octanol–water partition coefficient (Wildman–Crippen LogP) is 4.11. The number of carbonyl (C=O) groups is 1. The van der Waals surface area contributed by atoms with Crippen LogP contribution >= 0.6 is 0 Å². The van der Waals surface area contributed by atoms with E-state index in [2.05, 4.69) is 53.1 Å². The van der Waals surface area contributed by atoms with Gasteiger partial charge in [-0.15, -0.1) is 0 Å². The van der Waals surface area contributed by atoms with Gasteiger partial charge in [-0.2, -0.15) is 0 Å². The molecule has 2 aromatic carbocycles. The van der Waals surface area contributed by atoms with E-state index >= 15 is 0 Å². The SMILES string of the molecule is CCN(CCCNC(=O)C1CCC(CNS(=O)(=O)c2ccccc2)CC1)c1cccc(C)c1. The molecular formula is C26H37N3O3S. The molecule has 180 valence electrons. The normalized spacial score (nSPS) is 18.6. The van der Waals surface area contributed by atoms with Gasteiger partial charge in [-0.3, -0.25) is 4.79 Å². The minimum Gasteiger partial charge on any atom is -0.372 e. The Morgan fingerprint density at radius 3 is 2.42 bits per heavy atom. The van der Waals surface area contributed by atoms with E-state index in [0.717, 1.165) is 45.2 Å². The summed E-state index contributed by atoms with van der Waals surface area (Å²) in [5.74, 6) is 0.447. The zero-order valence-corrected chi connectivity index (χ0v) is 20.6. The third kappa shape index (κ3) is 7.57. The molecule has 1 fully saturated rings. The number of benzene rings is 2. The molecule has 1 aliphatic rings. The highest BCUT2D eigenvalue weighted by Gasteiger charge is 2.27. The Morgan fingerprint density at radius 1 is 1.03 bits per heavy atom. The Labute approximate surface area is 198 Å². The number of hydrogen-bond acceptors (Lipinski definition) is 4. The van der Waals surface area contributed by atoms with Crippen LogP contribution in [0.5, 0.6) is 0 Å². The number of anilines is 1. The van der Waals surface area contributed by atoms with Gasteiger partial charge in [0.25, 0.3) is 0 Å². The van der Waals surface area contributed by atoms with Crippen LogP contribution in [0.15, 0.2) is 59.5 Å². The van der Waals surface area contributed by atoms with Crippen molar-refractivity contribution in [1.82, 2.24) is 10.0 Å². The van der Waals surface area contributed by atoms with E-state index in [-0.39, 0.29) is 17.7 Å². The second-order valence-electron chi connectivity index (χ2n) is 8.95. The average molecular weight is 472 g/mol. The van der Waals surface area contributed by atoms with Crippen LogP contribution in [0, 0.1) is 18.8 Å². The first-order chi connectivity index (χ1) is 15.9. The number of carbonyl (C=O) groups excluding carboxylic acids is 1.